The molecule has 102 valence electrons. The first-order valence-electron chi connectivity index (χ1n) is 6.28. The van der Waals surface area contributed by atoms with Crippen LogP contribution in [0.3, 0.4) is 0 Å². The number of nitrogens with one attached hydrogen (secondary N) is 2. The van der Waals surface area contributed by atoms with Crippen LogP contribution in [0.4, 0.5) is 11.4 Å². The summed E-state index contributed by atoms with van der Waals surface area (Å²) in [6.07, 6.45) is 3.49. The summed E-state index contributed by atoms with van der Waals surface area (Å²) >= 11 is 0. The van der Waals surface area contributed by atoms with Gasteiger partial charge in [-0.2, -0.15) is 0 Å². The minimum absolute atomic E-state index is 0.502. The first kappa shape index (κ1) is 12.3. The molecule has 6 heteroatoms. The number of ether oxygens (including phenoxy) is 1. The van der Waals surface area contributed by atoms with Crippen molar-refractivity contribution in [3.63, 3.8) is 0 Å². The molecule has 6 nitrogen and oxygen atoms in total. The molecule has 0 aliphatic carbocycles. The van der Waals surface area contributed by atoms with Gasteiger partial charge in [-0.1, -0.05) is 12.1 Å². The van der Waals surface area contributed by atoms with Gasteiger partial charge < -0.3 is 15.4 Å². The largest absolute Gasteiger partial charge is 0.435 e. The monoisotopic (exact) mass is 269 g/mol. The summed E-state index contributed by atoms with van der Waals surface area (Å²) in [4.78, 5) is 4.24. The number of hydrogen-bond donors (Lipinski definition) is 2. The second-order valence-corrected chi connectivity index (χ2v) is 4.19. The molecule has 20 heavy (non-hydrogen) atoms. The third-order valence-electron chi connectivity index (χ3n) is 2.98. The maximum Gasteiger partial charge on any atom is 0.239 e. The van der Waals surface area contributed by atoms with Gasteiger partial charge in [0.2, 0.25) is 5.88 Å². The van der Waals surface area contributed by atoms with Crippen molar-refractivity contribution in [2.45, 2.75) is 0 Å². The third kappa shape index (κ3) is 2.11. The molecule has 0 aliphatic rings. The summed E-state index contributed by atoms with van der Waals surface area (Å²) < 4.78 is 7.54. The molecular formula is C14H15N5O. The van der Waals surface area contributed by atoms with Crippen LogP contribution in [0.2, 0.25) is 0 Å². The van der Waals surface area contributed by atoms with Crippen molar-refractivity contribution in [2.24, 2.45) is 0 Å². The van der Waals surface area contributed by atoms with Crippen molar-refractivity contribution in [1.82, 2.24) is 14.6 Å². The van der Waals surface area contributed by atoms with E-state index in [9.17, 15) is 0 Å². The first-order chi connectivity index (χ1) is 9.81. The molecule has 0 aliphatic heterocycles. The Morgan fingerprint density at radius 1 is 1.10 bits per heavy atom. The lowest BCUT2D eigenvalue weighted by atomic mass is 10.3. The molecule has 1 aromatic carbocycles. The average molecular weight is 269 g/mol. The fourth-order valence-corrected chi connectivity index (χ4v) is 2.00. The Morgan fingerprint density at radius 2 is 1.90 bits per heavy atom. The van der Waals surface area contributed by atoms with E-state index in [2.05, 4.69) is 20.7 Å². The van der Waals surface area contributed by atoms with E-state index in [1.807, 2.05) is 44.4 Å². The highest BCUT2D eigenvalue weighted by molar-refractivity contribution is 5.68. The van der Waals surface area contributed by atoms with E-state index in [0.717, 1.165) is 22.8 Å². The molecule has 0 saturated heterocycles. The molecule has 3 aromatic rings. The van der Waals surface area contributed by atoms with Gasteiger partial charge in [0.15, 0.2) is 11.4 Å². The van der Waals surface area contributed by atoms with Crippen molar-refractivity contribution >= 4 is 17.0 Å². The smallest absolute Gasteiger partial charge is 0.239 e. The predicted molar refractivity (Wildman–Crippen MR) is 78.6 cm³/mol. The molecule has 0 amide bonds. The number of hydrogen-bond acceptors (Lipinski definition) is 5. The van der Waals surface area contributed by atoms with Crippen LogP contribution in [0.5, 0.6) is 11.6 Å². The Labute approximate surface area is 116 Å². The van der Waals surface area contributed by atoms with Gasteiger partial charge in [-0.15, -0.1) is 5.10 Å². The van der Waals surface area contributed by atoms with Crippen molar-refractivity contribution in [3.8, 4) is 11.6 Å². The Bertz CT molecular complexity index is 737. The summed E-state index contributed by atoms with van der Waals surface area (Å²) in [5.41, 5.74) is 2.54. The zero-order valence-electron chi connectivity index (χ0n) is 11.3. The zero-order chi connectivity index (χ0) is 13.9. The van der Waals surface area contributed by atoms with E-state index in [1.165, 1.54) is 0 Å². The minimum atomic E-state index is 0.502. The van der Waals surface area contributed by atoms with Crippen LogP contribution >= 0.6 is 0 Å². The molecule has 3 rings (SSSR count). The van der Waals surface area contributed by atoms with Crippen LogP contribution in [0.25, 0.3) is 5.65 Å². The quantitative estimate of drug-likeness (QED) is 0.762. The Morgan fingerprint density at radius 3 is 2.70 bits per heavy atom. The Hall–Kier alpha value is -2.76. The number of para-hydroxylation sites is 2. The Kier molecular flexibility index (Phi) is 3.12. The van der Waals surface area contributed by atoms with E-state index >= 15 is 0 Å². The summed E-state index contributed by atoms with van der Waals surface area (Å²) in [5, 5.41) is 10.6. The number of aromatic nitrogens is 3. The summed E-state index contributed by atoms with van der Waals surface area (Å²) in [6.45, 7) is 0. The normalized spacial score (nSPS) is 10.5. The highest BCUT2D eigenvalue weighted by Gasteiger charge is 2.09. The van der Waals surface area contributed by atoms with E-state index in [4.69, 9.17) is 4.74 Å². The van der Waals surface area contributed by atoms with Crippen molar-refractivity contribution in [2.75, 3.05) is 24.7 Å². The Balaban J connectivity index is 2.02. The topological polar surface area (TPSA) is 63.5 Å². The number of rotatable bonds is 4. The number of imidazole rings is 1. The van der Waals surface area contributed by atoms with Crippen molar-refractivity contribution in [1.29, 1.82) is 0 Å². The van der Waals surface area contributed by atoms with Gasteiger partial charge in [-0.3, -0.25) is 0 Å². The van der Waals surface area contributed by atoms with E-state index < -0.39 is 0 Å². The van der Waals surface area contributed by atoms with Crippen LogP contribution in [0.15, 0.2) is 42.7 Å². The summed E-state index contributed by atoms with van der Waals surface area (Å²) in [6, 6.07) is 9.54. The number of nitrogens with zero attached hydrogens (tertiary/aromatic N) is 3. The summed E-state index contributed by atoms with van der Waals surface area (Å²) in [5.74, 6) is 1.23. The maximum atomic E-state index is 5.86. The molecular weight excluding hydrogens is 254 g/mol. The molecule has 0 radical (unpaired) electrons. The zero-order valence-corrected chi connectivity index (χ0v) is 11.3. The highest BCUT2D eigenvalue weighted by atomic mass is 16.5. The van der Waals surface area contributed by atoms with E-state index in [0.29, 0.717) is 5.88 Å². The van der Waals surface area contributed by atoms with Gasteiger partial charge in [-0.05, 0) is 12.1 Å². The molecule has 2 aromatic heterocycles. The molecule has 0 spiro atoms. The number of fused-ring (bicyclic) bond motifs is 1. The van der Waals surface area contributed by atoms with Gasteiger partial charge in [0.25, 0.3) is 0 Å². The third-order valence-corrected chi connectivity index (χ3v) is 2.98. The second-order valence-electron chi connectivity index (χ2n) is 4.19. The van der Waals surface area contributed by atoms with Gasteiger partial charge in [-0.25, -0.2) is 9.50 Å². The van der Waals surface area contributed by atoms with Crippen LogP contribution in [-0.4, -0.2) is 28.7 Å². The van der Waals surface area contributed by atoms with Crippen LogP contribution < -0.4 is 15.4 Å². The minimum Gasteiger partial charge on any atom is -0.435 e. The van der Waals surface area contributed by atoms with E-state index in [-0.39, 0.29) is 0 Å². The molecule has 2 heterocycles. The van der Waals surface area contributed by atoms with Gasteiger partial charge in [0, 0.05) is 32.6 Å². The second kappa shape index (κ2) is 5.08. The van der Waals surface area contributed by atoms with Crippen molar-refractivity contribution in [3.05, 3.63) is 42.7 Å². The molecule has 0 saturated carbocycles. The maximum absolute atomic E-state index is 5.86. The highest BCUT2D eigenvalue weighted by Crippen LogP contribution is 2.29. The standard InChI is InChI=1S/C14H15N5O/c1-15-10-5-3-4-6-12(10)20-13-9-11(16-2)14-17-7-8-19(14)18-13/h3-9,15-16H,1-2H3. The van der Waals surface area contributed by atoms with Crippen LogP contribution in [0, 0.1) is 0 Å². The molecule has 0 bridgehead atoms. The van der Waals surface area contributed by atoms with Gasteiger partial charge >= 0.3 is 0 Å². The van der Waals surface area contributed by atoms with Gasteiger partial charge in [0.1, 0.15) is 0 Å². The molecule has 0 unspecified atom stereocenters. The molecule has 0 atom stereocenters. The number of benzene rings is 1. The lowest BCUT2D eigenvalue weighted by molar-refractivity contribution is 0.454. The lowest BCUT2D eigenvalue weighted by Gasteiger charge is -2.11. The predicted octanol–water partition coefficient (Wildman–Crippen LogP) is 2.61. The fourth-order valence-electron chi connectivity index (χ4n) is 2.00. The number of anilines is 2. The average Bonchev–Trinajstić information content (AvgIpc) is 2.95. The van der Waals surface area contributed by atoms with Crippen LogP contribution in [-0.2, 0) is 0 Å². The lowest BCUT2D eigenvalue weighted by Crippen LogP contribution is -2.01. The molecule has 2 N–H and O–H groups in total. The van der Waals surface area contributed by atoms with E-state index in [1.54, 1.807) is 16.9 Å². The SMILES string of the molecule is CNc1ccccc1Oc1cc(NC)c2nccn2n1. The summed E-state index contributed by atoms with van der Waals surface area (Å²) in [7, 11) is 3.70. The van der Waals surface area contributed by atoms with Crippen molar-refractivity contribution < 1.29 is 4.74 Å². The fraction of sp³-hybridized carbons (Fsp3) is 0.143. The van der Waals surface area contributed by atoms with Gasteiger partial charge in [0.05, 0.1) is 11.4 Å². The first-order valence-corrected chi connectivity index (χ1v) is 6.28. The molecule has 0 fully saturated rings. The van der Waals surface area contributed by atoms with Crippen LogP contribution in [0.1, 0.15) is 0 Å².